The van der Waals surface area contributed by atoms with Crippen LogP contribution in [0, 0.1) is 0 Å². The predicted molar refractivity (Wildman–Crippen MR) is 57.8 cm³/mol. The van der Waals surface area contributed by atoms with E-state index in [4.69, 9.17) is 10.2 Å². The maximum absolute atomic E-state index is 11.4. The van der Waals surface area contributed by atoms with E-state index in [9.17, 15) is 4.79 Å². The van der Waals surface area contributed by atoms with Crippen molar-refractivity contribution in [2.45, 2.75) is 12.8 Å². The Labute approximate surface area is 91.6 Å². The van der Waals surface area contributed by atoms with Crippen LogP contribution < -0.4 is 5.69 Å². The zero-order valence-electron chi connectivity index (χ0n) is 8.50. The van der Waals surface area contributed by atoms with Crippen LogP contribution in [0.2, 0.25) is 0 Å². The number of H-pyrrole nitrogens is 1. The summed E-state index contributed by atoms with van der Waals surface area (Å²) in [5.41, 5.74) is 0.718. The molecule has 1 aromatic carbocycles. The lowest BCUT2D eigenvalue weighted by Crippen LogP contribution is -2.16. The van der Waals surface area contributed by atoms with Crippen molar-refractivity contribution in [2.24, 2.45) is 0 Å². The maximum Gasteiger partial charge on any atom is 0.326 e. The lowest BCUT2D eigenvalue weighted by molar-refractivity contribution is -0.0456. The van der Waals surface area contributed by atoms with Crippen molar-refractivity contribution >= 4 is 0 Å². The second kappa shape index (κ2) is 4.34. The molecule has 5 nitrogen and oxygen atoms in total. The second-order valence-electron chi connectivity index (χ2n) is 3.50. The lowest BCUT2D eigenvalue weighted by atomic mass is 10.2. The van der Waals surface area contributed by atoms with Crippen molar-refractivity contribution in [3.05, 3.63) is 58.3 Å². The Bertz CT molecular complexity index is 514. The van der Waals surface area contributed by atoms with Gasteiger partial charge < -0.3 is 15.2 Å². The normalized spacial score (nSPS) is 10.9. The Morgan fingerprint density at radius 3 is 2.50 bits per heavy atom. The highest BCUT2D eigenvalue weighted by Crippen LogP contribution is 2.05. The highest BCUT2D eigenvalue weighted by Gasteiger charge is 2.08. The highest BCUT2D eigenvalue weighted by molar-refractivity contribution is 5.15. The fourth-order valence-corrected chi connectivity index (χ4v) is 1.48. The van der Waals surface area contributed by atoms with Gasteiger partial charge in [0.25, 0.3) is 0 Å². The summed E-state index contributed by atoms with van der Waals surface area (Å²) in [6.45, 7) is 0.406. The van der Waals surface area contributed by atoms with E-state index in [0.29, 0.717) is 6.54 Å². The minimum absolute atomic E-state index is 0.0981. The van der Waals surface area contributed by atoms with E-state index >= 15 is 0 Å². The minimum Gasteiger partial charge on any atom is -0.363 e. The Kier molecular flexibility index (Phi) is 2.89. The Morgan fingerprint density at radius 1 is 1.25 bits per heavy atom. The smallest absolute Gasteiger partial charge is 0.326 e. The first-order valence-electron chi connectivity index (χ1n) is 4.86. The third-order valence-electron chi connectivity index (χ3n) is 2.28. The number of nitrogens with zero attached hydrogens (tertiary/aromatic N) is 1. The first-order chi connectivity index (χ1) is 7.66. The molecular weight excluding hydrogens is 208 g/mol. The molecule has 0 radical (unpaired) electrons. The summed E-state index contributed by atoms with van der Waals surface area (Å²) in [6, 6.07) is 9.46. The summed E-state index contributed by atoms with van der Waals surface area (Å²) in [6.07, 6.45) is -0.246. The summed E-state index contributed by atoms with van der Waals surface area (Å²) in [7, 11) is 0. The van der Waals surface area contributed by atoms with Crippen molar-refractivity contribution < 1.29 is 10.2 Å². The number of aromatic amines is 1. The van der Waals surface area contributed by atoms with Gasteiger partial charge in [-0.2, -0.15) is 0 Å². The zero-order chi connectivity index (χ0) is 11.5. The molecule has 0 aliphatic rings. The molecule has 1 aromatic heterocycles. The molecule has 0 bridgehead atoms. The fraction of sp³-hybridized carbons (Fsp3) is 0.182. The molecule has 0 amide bonds. The molecule has 0 fully saturated rings. The van der Waals surface area contributed by atoms with E-state index in [-0.39, 0.29) is 11.4 Å². The summed E-state index contributed by atoms with van der Waals surface area (Å²) < 4.78 is 1.39. The topological polar surface area (TPSA) is 78.2 Å². The van der Waals surface area contributed by atoms with E-state index in [1.165, 1.54) is 10.8 Å². The van der Waals surface area contributed by atoms with Gasteiger partial charge in [-0.1, -0.05) is 30.3 Å². The molecule has 84 valence electrons. The van der Waals surface area contributed by atoms with Gasteiger partial charge in [0.15, 0.2) is 6.29 Å². The van der Waals surface area contributed by atoms with Crippen molar-refractivity contribution in [1.82, 2.24) is 9.55 Å². The SMILES string of the molecule is O=c1[nH]c(C(O)O)cn1Cc1ccccc1. The number of nitrogens with one attached hydrogen (secondary N) is 1. The molecule has 1 heterocycles. The van der Waals surface area contributed by atoms with Crippen LogP contribution >= 0.6 is 0 Å². The molecular formula is C11H12N2O3. The number of aliphatic hydroxyl groups excluding tert-OH is 1. The van der Waals surface area contributed by atoms with Gasteiger partial charge in [-0.15, -0.1) is 0 Å². The number of hydrogen-bond acceptors (Lipinski definition) is 3. The third-order valence-corrected chi connectivity index (χ3v) is 2.28. The van der Waals surface area contributed by atoms with Crippen molar-refractivity contribution in [3.8, 4) is 0 Å². The summed E-state index contributed by atoms with van der Waals surface area (Å²) in [5.74, 6) is 0. The summed E-state index contributed by atoms with van der Waals surface area (Å²) in [4.78, 5) is 13.8. The second-order valence-corrected chi connectivity index (χ2v) is 3.50. The highest BCUT2D eigenvalue weighted by atomic mass is 16.5. The molecule has 0 aliphatic heterocycles. The number of hydrogen-bond donors (Lipinski definition) is 3. The molecule has 2 aromatic rings. The molecule has 3 N–H and O–H groups in total. The molecule has 5 heteroatoms. The molecule has 16 heavy (non-hydrogen) atoms. The predicted octanol–water partition coefficient (Wildman–Crippen LogP) is 0.208. The van der Waals surface area contributed by atoms with Crippen molar-refractivity contribution in [2.75, 3.05) is 0 Å². The Hall–Kier alpha value is -1.85. The third kappa shape index (κ3) is 2.21. The summed E-state index contributed by atoms with van der Waals surface area (Å²) in [5, 5.41) is 17.8. The number of imidazole rings is 1. The number of benzene rings is 1. The van der Waals surface area contributed by atoms with Crippen molar-refractivity contribution in [3.63, 3.8) is 0 Å². The first-order valence-corrected chi connectivity index (χ1v) is 4.86. The Morgan fingerprint density at radius 2 is 1.94 bits per heavy atom. The summed E-state index contributed by atoms with van der Waals surface area (Å²) >= 11 is 0. The van der Waals surface area contributed by atoms with Gasteiger partial charge >= 0.3 is 5.69 Å². The van der Waals surface area contributed by atoms with Crippen molar-refractivity contribution in [1.29, 1.82) is 0 Å². The molecule has 0 saturated carbocycles. The van der Waals surface area contributed by atoms with E-state index in [2.05, 4.69) is 4.98 Å². The fourth-order valence-electron chi connectivity index (χ4n) is 1.48. The van der Waals surface area contributed by atoms with E-state index in [1.807, 2.05) is 30.3 Å². The van der Waals surface area contributed by atoms with Gasteiger partial charge in [-0.25, -0.2) is 4.79 Å². The van der Waals surface area contributed by atoms with Gasteiger partial charge in [0.1, 0.15) is 0 Å². The van der Waals surface area contributed by atoms with E-state index < -0.39 is 6.29 Å². The number of rotatable bonds is 3. The Balaban J connectivity index is 2.26. The van der Waals surface area contributed by atoms with E-state index in [0.717, 1.165) is 5.56 Å². The average Bonchev–Trinajstić information content (AvgIpc) is 2.62. The average molecular weight is 220 g/mol. The molecule has 0 saturated heterocycles. The molecule has 2 rings (SSSR count). The molecule has 0 unspecified atom stereocenters. The largest absolute Gasteiger partial charge is 0.363 e. The van der Waals surface area contributed by atoms with Gasteiger partial charge in [0.2, 0.25) is 0 Å². The van der Waals surface area contributed by atoms with Crippen LogP contribution in [0.5, 0.6) is 0 Å². The zero-order valence-corrected chi connectivity index (χ0v) is 8.50. The van der Waals surface area contributed by atoms with Crippen LogP contribution in [0.25, 0.3) is 0 Å². The van der Waals surface area contributed by atoms with Crippen LogP contribution in [-0.4, -0.2) is 19.8 Å². The quantitative estimate of drug-likeness (QED) is 0.647. The molecule has 0 atom stereocenters. The minimum atomic E-state index is -1.65. The molecule has 0 aliphatic carbocycles. The lowest BCUT2D eigenvalue weighted by Gasteiger charge is -2.00. The maximum atomic E-state index is 11.4. The van der Waals surface area contributed by atoms with E-state index in [1.54, 1.807) is 0 Å². The monoisotopic (exact) mass is 220 g/mol. The van der Waals surface area contributed by atoms with Gasteiger partial charge in [0, 0.05) is 6.20 Å². The standard InChI is InChI=1S/C11H12N2O3/c14-10(15)9-7-13(11(16)12-9)6-8-4-2-1-3-5-8/h1-5,7,10,14-15H,6H2,(H,12,16). The number of aliphatic hydroxyl groups is 2. The van der Waals surface area contributed by atoms with Crippen LogP contribution in [0.3, 0.4) is 0 Å². The van der Waals surface area contributed by atoms with Crippen LogP contribution in [0.15, 0.2) is 41.3 Å². The van der Waals surface area contributed by atoms with Gasteiger partial charge in [-0.05, 0) is 5.56 Å². The number of aromatic nitrogens is 2. The first kappa shape index (κ1) is 10.7. The van der Waals surface area contributed by atoms with Crippen LogP contribution in [0.1, 0.15) is 17.5 Å². The van der Waals surface area contributed by atoms with Crippen LogP contribution in [0.4, 0.5) is 0 Å². The van der Waals surface area contributed by atoms with Crippen LogP contribution in [-0.2, 0) is 6.54 Å². The molecule has 0 spiro atoms. The van der Waals surface area contributed by atoms with Gasteiger partial charge in [0.05, 0.1) is 12.2 Å². The van der Waals surface area contributed by atoms with Gasteiger partial charge in [-0.3, -0.25) is 4.57 Å².